The molecule has 0 amide bonds. The Kier molecular flexibility index (Phi) is 25.6. The average molecular weight is 1120 g/mol. The number of aliphatic hydroxyl groups is 1. The molecule has 0 bridgehead atoms. The van der Waals surface area contributed by atoms with Crippen molar-refractivity contribution in [3.63, 3.8) is 0 Å². The second kappa shape index (κ2) is 30.5. The van der Waals surface area contributed by atoms with Gasteiger partial charge in [-0.05, 0) is 121 Å². The van der Waals surface area contributed by atoms with Gasteiger partial charge in [0.15, 0.2) is 5.78 Å². The first kappa shape index (κ1) is 63.8. The van der Waals surface area contributed by atoms with Crippen LogP contribution < -0.4 is 33.7 Å². The minimum Gasteiger partial charge on any atom is -0.534 e. The molecule has 4 aromatic carbocycles. The summed E-state index contributed by atoms with van der Waals surface area (Å²) in [6.07, 6.45) is 22.0. The van der Waals surface area contributed by atoms with Gasteiger partial charge < -0.3 is 34.7 Å². The number of thioether (sulfide) groups is 2. The number of phenolic OH excluding ortho intramolecular Hbond substituents is 2. The Hall–Kier alpha value is -4.69. The molecule has 8 rings (SSSR count). The number of aromatic carboxylic acids is 1. The first-order valence-corrected chi connectivity index (χ1v) is 30.0. The number of hydrogen-bond acceptors (Lipinski definition) is 11. The van der Waals surface area contributed by atoms with Gasteiger partial charge in [0.25, 0.3) is 0 Å². The molecule has 3 fully saturated rings. The van der Waals surface area contributed by atoms with Crippen LogP contribution in [-0.2, 0) is 21.8 Å². The van der Waals surface area contributed by atoms with Crippen molar-refractivity contribution in [2.75, 3.05) is 11.5 Å². The number of ether oxygens (including phenoxy) is 1. The minimum absolute atomic E-state index is 0. The monoisotopic (exact) mass is 1120 g/mol. The van der Waals surface area contributed by atoms with E-state index in [-0.39, 0.29) is 81.7 Å². The van der Waals surface area contributed by atoms with E-state index in [1.807, 2.05) is 92.0 Å². The fraction of sp³-hybridized carbons (Fsp3) is 0.367. The quantitative estimate of drug-likeness (QED) is 0.0241. The van der Waals surface area contributed by atoms with Gasteiger partial charge in [-0.1, -0.05) is 117 Å². The standard InChI is InChI=1S/C24H25ClO4Si.C19H19ClO5.C9H13S2.C8H14O.Li/c1-24(2,3)30(19-10-6-4-7-11-19,20-12-8-5-9-13-20)29-18-14-17(16-25)22(23(27)28)21(26)15-18;1-10-6-12-7-11(12)4-2-3-5-13(21)8-14-17(19(24)25-10)15(22)9-16(23)18(14)20;1-2-3-4-6-9-10-7-5-8-11-9;1-3-7-5-8(7)4-6(2)9;/h4-15,26H,16H2,1-3H3,(H,27,28);2-5,9-12,22-23H,6-8H2,1H3;2-4,6H,5,7-8H2,1H3;3,6-9H,1,4-5H2,2H3;/q;;-1;;+1/b;4-2-,5-3+;3-2+,6-4+;;/t;10-,11+,12+;;6-,7-,8-;/m.1.0./s1. The molecule has 4 aromatic rings. The van der Waals surface area contributed by atoms with Crippen LogP contribution in [0.15, 0.2) is 140 Å². The molecule has 6 atom stereocenters. The Labute approximate surface area is 481 Å². The maximum absolute atomic E-state index is 12.5. The van der Waals surface area contributed by atoms with E-state index in [0.717, 1.165) is 41.6 Å². The molecule has 2 heterocycles. The number of halogens is 2. The average Bonchev–Trinajstić information content (AvgIpc) is 4.31. The molecule has 5 N–H and O–H groups in total. The minimum atomic E-state index is -2.89. The van der Waals surface area contributed by atoms with Crippen molar-refractivity contribution in [1.82, 2.24) is 0 Å². The molecule has 402 valence electrons. The number of carbonyl (C=O) groups excluding carboxylic acids is 2. The van der Waals surface area contributed by atoms with Gasteiger partial charge in [0, 0.05) is 30.0 Å². The molecule has 1 saturated heterocycles. The Morgan fingerprint density at radius 1 is 0.934 bits per heavy atom. The number of carboxylic acid groups (broad SMARTS) is 1. The maximum Gasteiger partial charge on any atom is 1.00 e. The summed E-state index contributed by atoms with van der Waals surface area (Å²) in [6, 6.07) is 24.1. The van der Waals surface area contributed by atoms with Gasteiger partial charge in [0.1, 0.15) is 34.1 Å². The molecular weight excluding hydrogens is 1050 g/mol. The molecule has 16 heteroatoms. The van der Waals surface area contributed by atoms with Crippen LogP contribution in [-0.4, -0.2) is 75.3 Å². The third kappa shape index (κ3) is 18.2. The van der Waals surface area contributed by atoms with E-state index < -0.39 is 31.8 Å². The van der Waals surface area contributed by atoms with E-state index in [0.29, 0.717) is 29.1 Å². The van der Waals surface area contributed by atoms with Gasteiger partial charge in [-0.25, -0.2) is 45.3 Å². The number of ketones is 1. The van der Waals surface area contributed by atoms with Crippen LogP contribution in [0.25, 0.3) is 0 Å². The topological polar surface area (TPSA) is 171 Å². The molecule has 0 aromatic heterocycles. The molecule has 76 heavy (non-hydrogen) atoms. The van der Waals surface area contributed by atoms with Crippen molar-refractivity contribution in [3.05, 3.63) is 172 Å². The Morgan fingerprint density at radius 3 is 2.11 bits per heavy atom. The third-order valence-corrected chi connectivity index (χ3v) is 21.2. The first-order chi connectivity index (χ1) is 35.7. The third-order valence-electron chi connectivity index (χ3n) is 13.0. The molecule has 10 nitrogen and oxygen atoms in total. The van der Waals surface area contributed by atoms with Gasteiger partial charge in [-0.2, -0.15) is 0 Å². The number of carboxylic acids is 1. The number of allylic oxidation sites excluding steroid dienone is 8. The van der Waals surface area contributed by atoms with Gasteiger partial charge in [-0.3, -0.25) is 4.79 Å². The van der Waals surface area contributed by atoms with Gasteiger partial charge in [0.2, 0.25) is 0 Å². The van der Waals surface area contributed by atoms with E-state index in [9.17, 15) is 34.8 Å². The van der Waals surface area contributed by atoms with Gasteiger partial charge in [-0.15, -0.1) is 34.9 Å². The number of cyclic esters (lactones) is 1. The van der Waals surface area contributed by atoms with Crippen LogP contribution in [0, 0.1) is 28.3 Å². The fourth-order valence-electron chi connectivity index (χ4n) is 9.13. The van der Waals surface area contributed by atoms with E-state index in [1.54, 1.807) is 19.1 Å². The summed E-state index contributed by atoms with van der Waals surface area (Å²) in [7, 11) is -2.89. The van der Waals surface area contributed by atoms with Crippen LogP contribution in [0.1, 0.15) is 105 Å². The molecule has 2 saturated carbocycles. The summed E-state index contributed by atoms with van der Waals surface area (Å²) in [5.74, 6) is 1.81. The van der Waals surface area contributed by atoms with E-state index in [1.165, 1.54) is 41.1 Å². The summed E-state index contributed by atoms with van der Waals surface area (Å²) in [5.41, 5.74) is 0.0181. The van der Waals surface area contributed by atoms with Crippen LogP contribution in [0.4, 0.5) is 0 Å². The zero-order chi connectivity index (χ0) is 54.9. The zero-order valence-corrected chi connectivity index (χ0v) is 48.7. The van der Waals surface area contributed by atoms with Crippen LogP contribution in [0.3, 0.4) is 0 Å². The predicted octanol–water partition coefficient (Wildman–Crippen LogP) is 10.4. The smallest absolute Gasteiger partial charge is 0.534 e. The number of alkyl halides is 1. The maximum atomic E-state index is 12.5. The van der Waals surface area contributed by atoms with E-state index in [4.69, 9.17) is 37.5 Å². The Morgan fingerprint density at radius 2 is 1.57 bits per heavy atom. The number of rotatable bonds is 11. The summed E-state index contributed by atoms with van der Waals surface area (Å²) >= 11 is 16.0. The van der Waals surface area contributed by atoms with Crippen molar-refractivity contribution in [2.45, 2.75) is 103 Å². The number of phenols is 3. The van der Waals surface area contributed by atoms with Crippen molar-refractivity contribution in [2.24, 2.45) is 23.7 Å². The molecular formula is C60H71Cl2LiO10S2Si. The number of benzene rings is 4. The largest absolute Gasteiger partial charge is 1.00 e. The van der Waals surface area contributed by atoms with Crippen LogP contribution in [0.2, 0.25) is 10.1 Å². The second-order valence-corrected chi connectivity index (χ2v) is 27.4. The summed E-state index contributed by atoms with van der Waals surface area (Å²) in [4.78, 5) is 36.2. The van der Waals surface area contributed by atoms with E-state index >= 15 is 0 Å². The fourth-order valence-corrected chi connectivity index (χ4v) is 16.3. The molecule has 0 spiro atoms. The van der Waals surface area contributed by atoms with Crippen molar-refractivity contribution < 1.29 is 67.9 Å². The van der Waals surface area contributed by atoms with Crippen molar-refractivity contribution in [3.8, 4) is 23.0 Å². The molecule has 2 aliphatic heterocycles. The first-order valence-electron chi connectivity index (χ1n) is 25.2. The Bertz CT molecular complexity index is 2650. The molecule has 0 unspecified atom stereocenters. The predicted molar refractivity (Wildman–Crippen MR) is 311 cm³/mol. The number of aromatic hydroxyl groups is 3. The Balaban J connectivity index is 0.000000242. The SMILES string of the molecule is C/C=C/C=C/[C-]1SCCCS1.C=C[C@H]1C[C@@H]1C[C@H](C)O.CC(C)(C)[Si](Oc1cc(O)c(C(=O)O)c(CCl)c1)(c1ccccc1)c1ccccc1.C[C@@H]1C[C@H]2C[C@@H]2/C=C\C=C\C(=O)Cc2c(Cl)c(O)cc(O)c2C(=O)O1.[Li+]. The normalized spacial score (nSPS) is 21.4. The number of hydrogen-bond donors (Lipinski definition) is 5. The van der Waals surface area contributed by atoms with Crippen molar-refractivity contribution in [1.29, 1.82) is 0 Å². The summed E-state index contributed by atoms with van der Waals surface area (Å²) < 4.78 is 13.7. The van der Waals surface area contributed by atoms with Crippen LogP contribution >= 0.6 is 46.7 Å². The molecule has 0 radical (unpaired) electrons. The zero-order valence-electron chi connectivity index (χ0n) is 44.6. The number of aliphatic hydroxyl groups excluding tert-OH is 1. The van der Waals surface area contributed by atoms with Crippen LogP contribution in [0.5, 0.6) is 23.0 Å². The number of carbonyl (C=O) groups is 3. The van der Waals surface area contributed by atoms with E-state index in [2.05, 4.69) is 75.9 Å². The van der Waals surface area contributed by atoms with Gasteiger partial charge >= 0.3 is 39.1 Å². The van der Waals surface area contributed by atoms with Crippen molar-refractivity contribution >= 4 is 83.1 Å². The molecule has 4 aliphatic rings. The number of esters is 1. The van der Waals surface area contributed by atoms with Gasteiger partial charge in [0.05, 0.1) is 17.2 Å². The summed E-state index contributed by atoms with van der Waals surface area (Å²) in [5, 5.41) is 50.5. The molecule has 2 aliphatic carbocycles. The second-order valence-electron chi connectivity index (χ2n) is 20.0. The summed E-state index contributed by atoms with van der Waals surface area (Å²) in [6.45, 7) is 15.8. The number of fused-ring (bicyclic) bond motifs is 2.